The van der Waals surface area contributed by atoms with Crippen LogP contribution in [-0.2, 0) is 6.54 Å². The summed E-state index contributed by atoms with van der Waals surface area (Å²) in [6, 6.07) is 4.15. The van der Waals surface area contributed by atoms with Gasteiger partial charge in [0.05, 0.1) is 0 Å². The van der Waals surface area contributed by atoms with Crippen molar-refractivity contribution in [2.45, 2.75) is 19.9 Å². The first kappa shape index (κ1) is 11.1. The molecular weight excluding hydrogens is 198 g/mol. The Morgan fingerprint density at radius 3 is 3.12 bits per heavy atom. The van der Waals surface area contributed by atoms with E-state index < -0.39 is 0 Å². The molecule has 1 aromatic heterocycles. The van der Waals surface area contributed by atoms with E-state index in [0.717, 1.165) is 31.9 Å². The first-order valence-corrected chi connectivity index (χ1v) is 5.80. The predicted molar refractivity (Wildman–Crippen MR) is 67.6 cm³/mol. The van der Waals surface area contributed by atoms with Gasteiger partial charge in [0.2, 0.25) is 0 Å². The average molecular weight is 217 g/mol. The quantitative estimate of drug-likeness (QED) is 0.784. The van der Waals surface area contributed by atoms with Crippen molar-refractivity contribution in [3.8, 4) is 0 Å². The maximum atomic E-state index is 4.51. The molecule has 0 aliphatic carbocycles. The standard InChI is InChI=1S/C13H19N3/c1-11-5-4-8-16(10-11)13-12(9-14-2)6-3-7-15-13/h3,5-7,14H,4,8-10H2,1-2H3. The minimum Gasteiger partial charge on any atom is -0.352 e. The molecule has 0 aromatic carbocycles. The minimum absolute atomic E-state index is 0.877. The molecule has 0 saturated heterocycles. The molecule has 0 spiro atoms. The molecule has 3 heteroatoms. The van der Waals surface area contributed by atoms with Crippen LogP contribution in [0, 0.1) is 0 Å². The van der Waals surface area contributed by atoms with E-state index in [2.05, 4.69) is 34.3 Å². The zero-order valence-electron chi connectivity index (χ0n) is 10.0. The number of nitrogens with zero attached hydrogens (tertiary/aromatic N) is 2. The highest BCUT2D eigenvalue weighted by atomic mass is 15.2. The highest BCUT2D eigenvalue weighted by molar-refractivity contribution is 5.48. The van der Waals surface area contributed by atoms with E-state index in [9.17, 15) is 0 Å². The van der Waals surface area contributed by atoms with Gasteiger partial charge in [0.1, 0.15) is 5.82 Å². The van der Waals surface area contributed by atoms with Crippen LogP contribution in [0.3, 0.4) is 0 Å². The summed E-state index contributed by atoms with van der Waals surface area (Å²) in [6.45, 7) is 5.15. The fraction of sp³-hybridized carbons (Fsp3) is 0.462. The van der Waals surface area contributed by atoms with Crippen molar-refractivity contribution in [3.63, 3.8) is 0 Å². The number of aromatic nitrogens is 1. The van der Waals surface area contributed by atoms with E-state index in [1.165, 1.54) is 11.1 Å². The smallest absolute Gasteiger partial charge is 0.133 e. The van der Waals surface area contributed by atoms with Gasteiger partial charge in [-0.05, 0) is 26.5 Å². The van der Waals surface area contributed by atoms with Gasteiger partial charge in [-0.1, -0.05) is 17.7 Å². The van der Waals surface area contributed by atoms with Crippen LogP contribution in [0.25, 0.3) is 0 Å². The van der Waals surface area contributed by atoms with Crippen LogP contribution >= 0.6 is 0 Å². The Labute approximate surface area is 97.2 Å². The zero-order valence-corrected chi connectivity index (χ0v) is 10.0. The Bertz CT molecular complexity index is 385. The molecule has 1 aliphatic heterocycles. The molecule has 2 rings (SSSR count). The Balaban J connectivity index is 2.22. The highest BCUT2D eigenvalue weighted by Gasteiger charge is 2.14. The van der Waals surface area contributed by atoms with Crippen molar-refractivity contribution >= 4 is 5.82 Å². The van der Waals surface area contributed by atoms with Crippen molar-refractivity contribution < 1.29 is 0 Å². The minimum atomic E-state index is 0.877. The van der Waals surface area contributed by atoms with Crippen molar-refractivity contribution in [2.75, 3.05) is 25.0 Å². The average Bonchev–Trinajstić information content (AvgIpc) is 2.30. The number of anilines is 1. The summed E-state index contributed by atoms with van der Waals surface area (Å²) in [5, 5.41) is 3.19. The number of nitrogens with one attached hydrogen (secondary N) is 1. The van der Waals surface area contributed by atoms with Crippen molar-refractivity contribution in [3.05, 3.63) is 35.5 Å². The molecule has 0 saturated carbocycles. The lowest BCUT2D eigenvalue weighted by molar-refractivity contribution is 0.752. The van der Waals surface area contributed by atoms with Crippen LogP contribution in [0.1, 0.15) is 18.9 Å². The van der Waals surface area contributed by atoms with E-state index in [1.54, 1.807) is 0 Å². The summed E-state index contributed by atoms with van der Waals surface area (Å²) in [5.41, 5.74) is 2.71. The van der Waals surface area contributed by atoms with Crippen LogP contribution < -0.4 is 10.2 Å². The highest BCUT2D eigenvalue weighted by Crippen LogP contribution is 2.21. The Hall–Kier alpha value is -1.35. The van der Waals surface area contributed by atoms with Crippen LogP contribution in [-0.4, -0.2) is 25.1 Å². The van der Waals surface area contributed by atoms with Gasteiger partial charge in [0.25, 0.3) is 0 Å². The lowest BCUT2D eigenvalue weighted by Gasteiger charge is -2.28. The summed E-state index contributed by atoms with van der Waals surface area (Å²) < 4.78 is 0. The van der Waals surface area contributed by atoms with Gasteiger partial charge in [-0.3, -0.25) is 0 Å². The predicted octanol–water partition coefficient (Wildman–Crippen LogP) is 1.96. The van der Waals surface area contributed by atoms with Crippen molar-refractivity contribution in [2.24, 2.45) is 0 Å². The first-order chi connectivity index (χ1) is 7.81. The molecule has 1 aliphatic rings. The molecular formula is C13H19N3. The zero-order chi connectivity index (χ0) is 11.4. The maximum absolute atomic E-state index is 4.51. The third-order valence-corrected chi connectivity index (χ3v) is 2.87. The normalized spacial score (nSPS) is 16.1. The molecule has 16 heavy (non-hydrogen) atoms. The second kappa shape index (κ2) is 5.12. The van der Waals surface area contributed by atoms with Gasteiger partial charge in [0, 0.05) is 31.4 Å². The van der Waals surface area contributed by atoms with E-state index in [1.807, 2.05) is 19.3 Å². The fourth-order valence-electron chi connectivity index (χ4n) is 2.14. The summed E-state index contributed by atoms with van der Waals surface area (Å²) in [6.07, 6.45) is 5.32. The molecule has 0 unspecified atom stereocenters. The van der Waals surface area contributed by atoms with Crippen LogP contribution in [0.2, 0.25) is 0 Å². The maximum Gasteiger partial charge on any atom is 0.133 e. The van der Waals surface area contributed by atoms with Crippen LogP contribution in [0.4, 0.5) is 5.82 Å². The lowest BCUT2D eigenvalue weighted by atomic mass is 10.1. The molecule has 0 amide bonds. The molecule has 0 fully saturated rings. The van der Waals surface area contributed by atoms with Crippen molar-refractivity contribution in [1.82, 2.24) is 10.3 Å². The first-order valence-electron chi connectivity index (χ1n) is 5.80. The van der Waals surface area contributed by atoms with Gasteiger partial charge < -0.3 is 10.2 Å². The molecule has 0 radical (unpaired) electrons. The summed E-state index contributed by atoms with van der Waals surface area (Å²) in [7, 11) is 1.97. The second-order valence-corrected chi connectivity index (χ2v) is 4.28. The van der Waals surface area contributed by atoms with Crippen LogP contribution in [0.5, 0.6) is 0 Å². The van der Waals surface area contributed by atoms with Gasteiger partial charge in [0.15, 0.2) is 0 Å². The third-order valence-electron chi connectivity index (χ3n) is 2.87. The number of hydrogen-bond donors (Lipinski definition) is 1. The molecule has 0 atom stereocenters. The third kappa shape index (κ3) is 2.42. The summed E-state index contributed by atoms with van der Waals surface area (Å²) in [5.74, 6) is 1.13. The second-order valence-electron chi connectivity index (χ2n) is 4.28. The number of rotatable bonds is 3. The molecule has 1 N–H and O–H groups in total. The van der Waals surface area contributed by atoms with E-state index in [0.29, 0.717) is 0 Å². The van der Waals surface area contributed by atoms with Crippen molar-refractivity contribution in [1.29, 1.82) is 0 Å². The van der Waals surface area contributed by atoms with E-state index in [-0.39, 0.29) is 0 Å². The van der Waals surface area contributed by atoms with Gasteiger partial charge >= 0.3 is 0 Å². The fourth-order valence-corrected chi connectivity index (χ4v) is 2.14. The topological polar surface area (TPSA) is 28.2 Å². The molecule has 1 aromatic rings. The van der Waals surface area contributed by atoms with Gasteiger partial charge in [-0.15, -0.1) is 0 Å². The largest absolute Gasteiger partial charge is 0.352 e. The molecule has 2 heterocycles. The molecule has 86 valence electrons. The monoisotopic (exact) mass is 217 g/mol. The summed E-state index contributed by atoms with van der Waals surface area (Å²) >= 11 is 0. The van der Waals surface area contributed by atoms with Gasteiger partial charge in [-0.25, -0.2) is 4.98 Å². The number of pyridine rings is 1. The lowest BCUT2D eigenvalue weighted by Crippen LogP contribution is -2.31. The van der Waals surface area contributed by atoms with Gasteiger partial charge in [-0.2, -0.15) is 0 Å². The Morgan fingerprint density at radius 2 is 2.38 bits per heavy atom. The summed E-state index contributed by atoms with van der Waals surface area (Å²) in [4.78, 5) is 6.88. The Kier molecular flexibility index (Phi) is 3.57. The SMILES string of the molecule is CNCc1cccnc1N1CCC=C(C)C1. The number of hydrogen-bond acceptors (Lipinski definition) is 3. The molecule has 3 nitrogen and oxygen atoms in total. The van der Waals surface area contributed by atoms with Crippen LogP contribution in [0.15, 0.2) is 30.0 Å². The van der Waals surface area contributed by atoms with E-state index >= 15 is 0 Å². The Morgan fingerprint density at radius 1 is 1.50 bits per heavy atom. The van der Waals surface area contributed by atoms with E-state index in [4.69, 9.17) is 0 Å². The molecule has 0 bridgehead atoms.